The number of carboxylic acid groups (broad SMARTS) is 1. The summed E-state index contributed by atoms with van der Waals surface area (Å²) in [6.07, 6.45) is 1.82. The second-order valence-corrected chi connectivity index (χ2v) is 6.73. The minimum atomic E-state index is -3.74. The van der Waals surface area contributed by atoms with E-state index in [-0.39, 0.29) is 13.1 Å². The van der Waals surface area contributed by atoms with E-state index in [0.717, 1.165) is 16.3 Å². The van der Waals surface area contributed by atoms with E-state index in [9.17, 15) is 13.2 Å². The quantitative estimate of drug-likeness (QED) is 0.742. The second-order valence-electron chi connectivity index (χ2n) is 4.85. The maximum atomic E-state index is 12.5. The molecule has 0 bridgehead atoms. The second kappa shape index (κ2) is 6.49. The molecule has 0 aromatic rings. The van der Waals surface area contributed by atoms with Crippen molar-refractivity contribution in [2.45, 2.75) is 39.2 Å². The van der Waals surface area contributed by atoms with Crippen molar-refractivity contribution in [1.29, 1.82) is 0 Å². The molecule has 110 valence electrons. The summed E-state index contributed by atoms with van der Waals surface area (Å²) in [5, 5.41) is 9.17. The Morgan fingerprint density at radius 1 is 1.47 bits per heavy atom. The number of hydrogen-bond acceptors (Lipinski definition) is 3. The van der Waals surface area contributed by atoms with Crippen molar-refractivity contribution >= 4 is 16.2 Å². The first kappa shape index (κ1) is 16.1. The zero-order valence-corrected chi connectivity index (χ0v) is 12.3. The highest BCUT2D eigenvalue weighted by molar-refractivity contribution is 7.86. The molecule has 1 rings (SSSR count). The molecule has 1 heterocycles. The lowest BCUT2D eigenvalue weighted by atomic mass is 10.1. The first-order valence-electron chi connectivity index (χ1n) is 6.44. The first-order chi connectivity index (χ1) is 8.80. The largest absolute Gasteiger partial charge is 0.480 e. The molecule has 1 N–H and O–H groups in total. The van der Waals surface area contributed by atoms with Crippen LogP contribution in [0.5, 0.6) is 0 Å². The number of likely N-dealkylation sites (N-methyl/N-ethyl adjacent to an activating group) is 1. The molecule has 0 amide bonds. The summed E-state index contributed by atoms with van der Waals surface area (Å²) in [6, 6.07) is -0.946. The van der Waals surface area contributed by atoms with Gasteiger partial charge in [-0.25, -0.2) is 0 Å². The van der Waals surface area contributed by atoms with Gasteiger partial charge in [0.2, 0.25) is 0 Å². The maximum absolute atomic E-state index is 12.5. The van der Waals surface area contributed by atoms with Gasteiger partial charge in [0.15, 0.2) is 0 Å². The minimum Gasteiger partial charge on any atom is -0.480 e. The molecule has 1 aliphatic rings. The van der Waals surface area contributed by atoms with Crippen molar-refractivity contribution in [3.05, 3.63) is 12.2 Å². The normalized spacial score (nSPS) is 21.5. The fraction of sp³-hybridized carbons (Fsp3) is 0.750. The van der Waals surface area contributed by atoms with Gasteiger partial charge < -0.3 is 5.11 Å². The Kier molecular flexibility index (Phi) is 5.51. The smallest absolute Gasteiger partial charge is 0.322 e. The molecule has 1 atom stereocenters. The van der Waals surface area contributed by atoms with Gasteiger partial charge in [-0.1, -0.05) is 19.1 Å². The Balaban J connectivity index is 3.01. The van der Waals surface area contributed by atoms with Crippen molar-refractivity contribution in [2.24, 2.45) is 0 Å². The molecule has 0 aromatic carbocycles. The van der Waals surface area contributed by atoms with Gasteiger partial charge in [-0.05, 0) is 26.2 Å². The molecule has 0 aromatic heterocycles. The predicted octanol–water partition coefficient (Wildman–Crippen LogP) is 1.07. The predicted molar refractivity (Wildman–Crippen MR) is 73.0 cm³/mol. The summed E-state index contributed by atoms with van der Waals surface area (Å²) < 4.78 is 27.4. The summed E-state index contributed by atoms with van der Waals surface area (Å²) in [4.78, 5) is 11.2. The minimum absolute atomic E-state index is 0.224. The lowest BCUT2D eigenvalue weighted by Crippen LogP contribution is -2.53. The summed E-state index contributed by atoms with van der Waals surface area (Å²) >= 11 is 0. The van der Waals surface area contributed by atoms with E-state index < -0.39 is 22.2 Å². The van der Waals surface area contributed by atoms with Crippen molar-refractivity contribution in [3.63, 3.8) is 0 Å². The third kappa shape index (κ3) is 3.77. The van der Waals surface area contributed by atoms with E-state index in [0.29, 0.717) is 19.4 Å². The van der Waals surface area contributed by atoms with Crippen LogP contribution in [0.4, 0.5) is 0 Å². The Labute approximate surface area is 114 Å². The van der Waals surface area contributed by atoms with E-state index in [1.807, 2.05) is 0 Å². The summed E-state index contributed by atoms with van der Waals surface area (Å²) in [7, 11) is -3.74. The monoisotopic (exact) mass is 290 g/mol. The van der Waals surface area contributed by atoms with Gasteiger partial charge in [-0.2, -0.15) is 17.0 Å². The molecular weight excluding hydrogens is 268 g/mol. The van der Waals surface area contributed by atoms with Crippen LogP contribution in [-0.2, 0) is 15.0 Å². The van der Waals surface area contributed by atoms with Crippen LogP contribution in [0.25, 0.3) is 0 Å². The van der Waals surface area contributed by atoms with E-state index in [2.05, 4.69) is 6.58 Å². The molecule has 19 heavy (non-hydrogen) atoms. The average molecular weight is 290 g/mol. The van der Waals surface area contributed by atoms with Gasteiger partial charge in [0.05, 0.1) is 0 Å². The lowest BCUT2D eigenvalue weighted by molar-refractivity contribution is -0.142. The molecule has 0 spiro atoms. The Morgan fingerprint density at radius 2 is 2.11 bits per heavy atom. The van der Waals surface area contributed by atoms with E-state index in [4.69, 9.17) is 5.11 Å². The van der Waals surface area contributed by atoms with Crippen LogP contribution in [-0.4, -0.2) is 53.8 Å². The van der Waals surface area contributed by atoms with Crippen molar-refractivity contribution in [2.75, 3.05) is 19.6 Å². The van der Waals surface area contributed by atoms with E-state index in [1.165, 1.54) is 4.31 Å². The Bertz CT molecular complexity index is 447. The standard InChI is InChI=1S/C12H22N2O4S/c1-4-13(9-10(2)3)19(17,18)14-8-6-5-7-11(14)12(15)16/h11H,2,4-9H2,1,3H3,(H,15,16). The Morgan fingerprint density at radius 3 is 2.58 bits per heavy atom. The summed E-state index contributed by atoms with van der Waals surface area (Å²) in [5.41, 5.74) is 0.731. The highest BCUT2D eigenvalue weighted by Crippen LogP contribution is 2.23. The van der Waals surface area contributed by atoms with Crippen LogP contribution in [0.3, 0.4) is 0 Å². The van der Waals surface area contributed by atoms with Crippen LogP contribution in [0.1, 0.15) is 33.1 Å². The fourth-order valence-electron chi connectivity index (χ4n) is 2.23. The number of nitrogens with zero attached hydrogens (tertiary/aromatic N) is 2. The van der Waals surface area contributed by atoms with Crippen LogP contribution < -0.4 is 0 Å². The number of carbonyl (C=O) groups is 1. The number of hydrogen-bond donors (Lipinski definition) is 1. The summed E-state index contributed by atoms with van der Waals surface area (Å²) in [5.74, 6) is -1.07. The van der Waals surface area contributed by atoms with E-state index in [1.54, 1.807) is 13.8 Å². The molecule has 1 aliphatic heterocycles. The highest BCUT2D eigenvalue weighted by atomic mass is 32.2. The average Bonchev–Trinajstić information content (AvgIpc) is 2.35. The first-order valence-corrected chi connectivity index (χ1v) is 7.84. The fourth-order valence-corrected chi connectivity index (χ4v) is 4.12. The third-order valence-electron chi connectivity index (χ3n) is 3.16. The van der Waals surface area contributed by atoms with Crippen LogP contribution in [0.15, 0.2) is 12.2 Å². The zero-order valence-electron chi connectivity index (χ0n) is 11.5. The third-order valence-corrected chi connectivity index (χ3v) is 5.23. The molecule has 7 heteroatoms. The van der Waals surface area contributed by atoms with Crippen LogP contribution in [0, 0.1) is 0 Å². The number of aliphatic carboxylic acids is 1. The molecule has 0 saturated carbocycles. The molecule has 1 fully saturated rings. The topological polar surface area (TPSA) is 77.9 Å². The van der Waals surface area contributed by atoms with Crippen LogP contribution in [0.2, 0.25) is 0 Å². The molecule has 1 saturated heterocycles. The number of rotatable bonds is 6. The van der Waals surface area contributed by atoms with Gasteiger partial charge in [-0.3, -0.25) is 4.79 Å². The molecule has 0 radical (unpaired) electrons. The van der Waals surface area contributed by atoms with Gasteiger partial charge in [0, 0.05) is 19.6 Å². The molecule has 1 unspecified atom stereocenters. The summed E-state index contributed by atoms with van der Waals surface area (Å²) in [6.45, 7) is 8.00. The van der Waals surface area contributed by atoms with Gasteiger partial charge >= 0.3 is 5.97 Å². The van der Waals surface area contributed by atoms with E-state index >= 15 is 0 Å². The Hall–Kier alpha value is -0.920. The SMILES string of the molecule is C=C(C)CN(CC)S(=O)(=O)N1CCCCC1C(=O)O. The number of piperidine rings is 1. The van der Waals surface area contributed by atoms with Gasteiger partial charge in [-0.15, -0.1) is 0 Å². The molecule has 0 aliphatic carbocycles. The maximum Gasteiger partial charge on any atom is 0.322 e. The molecule has 6 nitrogen and oxygen atoms in total. The van der Waals surface area contributed by atoms with Crippen LogP contribution >= 0.6 is 0 Å². The van der Waals surface area contributed by atoms with Gasteiger partial charge in [0.25, 0.3) is 10.2 Å². The lowest BCUT2D eigenvalue weighted by Gasteiger charge is -2.35. The van der Waals surface area contributed by atoms with Gasteiger partial charge in [0.1, 0.15) is 6.04 Å². The highest BCUT2D eigenvalue weighted by Gasteiger charge is 2.39. The zero-order chi connectivity index (χ0) is 14.6. The van der Waals surface area contributed by atoms with Crippen molar-refractivity contribution in [3.8, 4) is 0 Å². The van der Waals surface area contributed by atoms with Crippen molar-refractivity contribution < 1.29 is 18.3 Å². The number of carboxylic acids is 1. The van der Waals surface area contributed by atoms with Crippen molar-refractivity contribution in [1.82, 2.24) is 8.61 Å². The molecular formula is C12H22N2O4S.